The molecular weight excluding hydrogens is 560 g/mol. The zero-order valence-electron chi connectivity index (χ0n) is 21.3. The van der Waals surface area contributed by atoms with Gasteiger partial charge in [-0.2, -0.15) is 0 Å². The fraction of sp³-hybridized carbons (Fsp3) is 0.214. The third-order valence-corrected chi connectivity index (χ3v) is 6.84. The number of aromatic hydroxyl groups is 6. The van der Waals surface area contributed by atoms with Crippen LogP contribution in [0.4, 0.5) is 0 Å². The van der Waals surface area contributed by atoms with Crippen molar-refractivity contribution in [1.29, 1.82) is 0 Å². The van der Waals surface area contributed by atoms with Crippen molar-refractivity contribution in [2.75, 3.05) is 6.61 Å². The summed E-state index contributed by atoms with van der Waals surface area (Å²) in [6.07, 6.45) is -8.98. The first-order valence-corrected chi connectivity index (χ1v) is 12.3. The quantitative estimate of drug-likeness (QED) is 0.118. The van der Waals surface area contributed by atoms with E-state index >= 15 is 0 Å². The van der Waals surface area contributed by atoms with Gasteiger partial charge in [-0.05, 0) is 36.4 Å². The first kappa shape index (κ1) is 28.5. The molecule has 1 fully saturated rings. The molecule has 9 N–H and O–H groups in total. The van der Waals surface area contributed by atoms with Crippen LogP contribution in [0.1, 0.15) is 22.0 Å². The molecule has 42 heavy (non-hydrogen) atoms. The largest absolute Gasteiger partial charge is 0.508 e. The third-order valence-electron chi connectivity index (χ3n) is 6.84. The topological polar surface area (TPSA) is 248 Å². The first-order chi connectivity index (χ1) is 19.9. The Balaban J connectivity index is 1.45. The summed E-state index contributed by atoms with van der Waals surface area (Å²) in [5.41, 5.74) is -1.46. The standard InChI is InChI=1S/C28H24O14/c29-12-3-1-10(2-4-12)17-7-13(30)20-18(41-17)8-14(31)21(24(20)36)27-26(38)25(37)23(35)19(42-27)9-40-28(39)11-5-15(32)22(34)16(33)6-11/h1-8,19,23,25-27,29,31-38H,9H2/t19-,23-,25+,26?,27+/m1/s1. The molecule has 14 heteroatoms. The van der Waals surface area contributed by atoms with E-state index in [1.54, 1.807) is 0 Å². The zero-order valence-corrected chi connectivity index (χ0v) is 21.3. The number of phenols is 6. The van der Waals surface area contributed by atoms with E-state index in [0.717, 1.165) is 24.3 Å². The number of rotatable bonds is 5. The third kappa shape index (κ3) is 4.99. The molecule has 1 saturated heterocycles. The summed E-state index contributed by atoms with van der Waals surface area (Å²) in [5.74, 6) is -5.12. The number of phenolic OH excluding ortho intramolecular Hbond substituents is 6. The molecule has 0 bridgehead atoms. The van der Waals surface area contributed by atoms with Gasteiger partial charge < -0.3 is 59.8 Å². The van der Waals surface area contributed by atoms with Crippen molar-refractivity contribution >= 4 is 16.9 Å². The van der Waals surface area contributed by atoms with Gasteiger partial charge in [-0.1, -0.05) is 0 Å². The minimum atomic E-state index is -1.93. The molecule has 0 amide bonds. The monoisotopic (exact) mass is 584 g/mol. The number of ether oxygens (including phenoxy) is 2. The van der Waals surface area contributed by atoms with Crippen molar-refractivity contribution in [2.45, 2.75) is 30.5 Å². The Morgan fingerprint density at radius 1 is 0.786 bits per heavy atom. The summed E-state index contributed by atoms with van der Waals surface area (Å²) < 4.78 is 16.4. The van der Waals surface area contributed by atoms with Crippen LogP contribution in [0.2, 0.25) is 0 Å². The SMILES string of the molecule is O=C(OC[C@H]1O[C@@H](c2c(O)cc3oc(-c4ccc(O)cc4)cc(=O)c3c2O)C(O)[C@@H](O)[C@@H]1O)c1cc(O)c(O)c(O)c1. The Hall–Kier alpha value is -5.02. The van der Waals surface area contributed by atoms with Crippen LogP contribution in [0.3, 0.4) is 0 Å². The molecule has 5 rings (SSSR count). The van der Waals surface area contributed by atoms with Gasteiger partial charge in [0.2, 0.25) is 0 Å². The summed E-state index contributed by atoms with van der Waals surface area (Å²) in [6, 6.07) is 9.35. The second-order valence-electron chi connectivity index (χ2n) is 9.58. The number of carbonyl (C=O) groups excluding carboxylic acids is 1. The Kier molecular flexibility index (Phi) is 7.30. The normalized spacial score (nSPS) is 22.2. The van der Waals surface area contributed by atoms with Gasteiger partial charge in [0, 0.05) is 17.7 Å². The molecule has 2 heterocycles. The minimum absolute atomic E-state index is 0.0211. The molecule has 1 unspecified atom stereocenters. The van der Waals surface area contributed by atoms with Crippen molar-refractivity contribution in [3.63, 3.8) is 0 Å². The van der Waals surface area contributed by atoms with Gasteiger partial charge in [0.1, 0.15) is 71.1 Å². The van der Waals surface area contributed by atoms with E-state index < -0.39 is 88.2 Å². The molecule has 220 valence electrons. The number of aliphatic hydroxyl groups is 3. The molecular formula is C28H24O14. The maximum atomic E-state index is 13.0. The van der Waals surface area contributed by atoms with Crippen LogP contribution in [-0.4, -0.2) is 83.0 Å². The van der Waals surface area contributed by atoms with Crippen molar-refractivity contribution in [3.05, 3.63) is 69.9 Å². The average Bonchev–Trinajstić information content (AvgIpc) is 2.94. The van der Waals surface area contributed by atoms with E-state index in [2.05, 4.69) is 0 Å². The predicted molar refractivity (Wildman–Crippen MR) is 140 cm³/mol. The van der Waals surface area contributed by atoms with Gasteiger partial charge in [-0.15, -0.1) is 0 Å². The smallest absolute Gasteiger partial charge is 0.338 e. The van der Waals surface area contributed by atoms with Gasteiger partial charge in [-0.3, -0.25) is 4.79 Å². The van der Waals surface area contributed by atoms with Crippen molar-refractivity contribution in [1.82, 2.24) is 0 Å². The maximum Gasteiger partial charge on any atom is 0.338 e. The van der Waals surface area contributed by atoms with Crippen LogP contribution >= 0.6 is 0 Å². The van der Waals surface area contributed by atoms with Crippen molar-refractivity contribution < 1.29 is 64.6 Å². The molecule has 1 aliphatic heterocycles. The summed E-state index contributed by atoms with van der Waals surface area (Å²) in [7, 11) is 0. The summed E-state index contributed by atoms with van der Waals surface area (Å²) in [4.78, 5) is 25.4. The number of esters is 1. The van der Waals surface area contributed by atoms with E-state index in [9.17, 15) is 55.5 Å². The van der Waals surface area contributed by atoms with Crippen LogP contribution in [0.5, 0.6) is 34.5 Å². The highest BCUT2D eigenvalue weighted by molar-refractivity contribution is 5.91. The van der Waals surface area contributed by atoms with Crippen molar-refractivity contribution in [3.8, 4) is 45.8 Å². The predicted octanol–water partition coefficient (Wildman–Crippen LogP) is 1.07. The number of hydrogen-bond acceptors (Lipinski definition) is 14. The first-order valence-electron chi connectivity index (χ1n) is 12.3. The minimum Gasteiger partial charge on any atom is -0.508 e. The molecule has 0 spiro atoms. The number of aliphatic hydroxyl groups excluding tert-OH is 3. The molecule has 0 saturated carbocycles. The Bertz CT molecular complexity index is 1700. The second kappa shape index (κ2) is 10.8. The molecule has 0 aliphatic carbocycles. The fourth-order valence-corrected chi connectivity index (χ4v) is 4.64. The molecule has 0 radical (unpaired) electrons. The highest BCUT2D eigenvalue weighted by Gasteiger charge is 2.46. The maximum absolute atomic E-state index is 13.0. The summed E-state index contributed by atoms with van der Waals surface area (Å²) in [5, 5.41) is 91.2. The highest BCUT2D eigenvalue weighted by Crippen LogP contribution is 2.45. The van der Waals surface area contributed by atoms with Crippen molar-refractivity contribution in [2.24, 2.45) is 0 Å². The lowest BCUT2D eigenvalue weighted by molar-refractivity contribution is -0.232. The Morgan fingerprint density at radius 3 is 2.07 bits per heavy atom. The molecule has 5 atom stereocenters. The van der Waals surface area contributed by atoms with E-state index in [-0.39, 0.29) is 22.7 Å². The Morgan fingerprint density at radius 2 is 1.43 bits per heavy atom. The number of hydrogen-bond donors (Lipinski definition) is 9. The van der Waals surface area contributed by atoms with E-state index in [1.165, 1.54) is 24.3 Å². The van der Waals surface area contributed by atoms with Gasteiger partial charge in [0.15, 0.2) is 22.7 Å². The van der Waals surface area contributed by atoms with E-state index in [4.69, 9.17) is 13.9 Å². The van der Waals surface area contributed by atoms with Crippen LogP contribution in [0.15, 0.2) is 57.7 Å². The van der Waals surface area contributed by atoms with Gasteiger partial charge >= 0.3 is 5.97 Å². The number of fused-ring (bicyclic) bond motifs is 1. The molecule has 14 nitrogen and oxygen atoms in total. The molecule has 1 aromatic heterocycles. The number of carbonyl (C=O) groups is 1. The van der Waals surface area contributed by atoms with Crippen LogP contribution in [-0.2, 0) is 9.47 Å². The van der Waals surface area contributed by atoms with E-state index in [0.29, 0.717) is 5.56 Å². The number of benzene rings is 3. The zero-order chi connectivity index (χ0) is 30.5. The Labute approximate surface area is 234 Å². The molecule has 4 aromatic rings. The lowest BCUT2D eigenvalue weighted by Crippen LogP contribution is -2.55. The lowest BCUT2D eigenvalue weighted by atomic mass is 9.89. The van der Waals surface area contributed by atoms with Crippen LogP contribution in [0, 0.1) is 0 Å². The fourth-order valence-electron chi connectivity index (χ4n) is 4.64. The highest BCUT2D eigenvalue weighted by atomic mass is 16.6. The van der Waals surface area contributed by atoms with Gasteiger partial charge in [0.25, 0.3) is 0 Å². The van der Waals surface area contributed by atoms with Crippen LogP contribution in [0.25, 0.3) is 22.3 Å². The van der Waals surface area contributed by atoms with E-state index in [1.807, 2.05) is 0 Å². The summed E-state index contributed by atoms with van der Waals surface area (Å²) in [6.45, 7) is -0.754. The average molecular weight is 584 g/mol. The molecule has 1 aliphatic rings. The van der Waals surface area contributed by atoms with Gasteiger partial charge in [-0.25, -0.2) is 4.79 Å². The second-order valence-corrected chi connectivity index (χ2v) is 9.58. The van der Waals surface area contributed by atoms with Gasteiger partial charge in [0.05, 0.1) is 11.1 Å². The summed E-state index contributed by atoms with van der Waals surface area (Å²) >= 11 is 0. The van der Waals surface area contributed by atoms with Crippen LogP contribution < -0.4 is 5.43 Å². The lowest BCUT2D eigenvalue weighted by Gasteiger charge is -2.40. The molecule has 3 aromatic carbocycles.